The van der Waals surface area contributed by atoms with E-state index in [-0.39, 0.29) is 17.8 Å². The van der Waals surface area contributed by atoms with Crippen LogP contribution in [0.5, 0.6) is 0 Å². The molecule has 0 aliphatic carbocycles. The third-order valence-electron chi connectivity index (χ3n) is 5.03. The van der Waals surface area contributed by atoms with Crippen molar-refractivity contribution in [3.05, 3.63) is 65.1 Å². The Hall–Kier alpha value is -3.02. The Kier molecular flexibility index (Phi) is 4.48. The van der Waals surface area contributed by atoms with Gasteiger partial charge in [0.05, 0.1) is 22.8 Å². The first kappa shape index (κ1) is 17.4. The van der Waals surface area contributed by atoms with Gasteiger partial charge in [0, 0.05) is 20.0 Å². The summed E-state index contributed by atoms with van der Waals surface area (Å²) in [6.45, 7) is 4.49. The highest BCUT2D eigenvalue weighted by Crippen LogP contribution is 2.31. The van der Waals surface area contributed by atoms with Crippen LogP contribution in [0.15, 0.2) is 42.5 Å². The molecule has 1 atom stereocenters. The molecule has 1 aliphatic rings. The highest BCUT2D eigenvalue weighted by atomic mass is 19.1. The number of nitrogens with one attached hydrogen (secondary N) is 1. The number of rotatable bonds is 2. The van der Waals surface area contributed by atoms with Crippen LogP contribution in [0.2, 0.25) is 0 Å². The quantitative estimate of drug-likeness (QED) is 0.747. The molecular formula is C21H21FN4O. The Labute approximate surface area is 157 Å². The second-order valence-electron chi connectivity index (χ2n) is 6.92. The van der Waals surface area contributed by atoms with Gasteiger partial charge in [-0.1, -0.05) is 18.2 Å². The van der Waals surface area contributed by atoms with Gasteiger partial charge in [-0.3, -0.25) is 4.79 Å². The third-order valence-corrected chi connectivity index (χ3v) is 5.03. The zero-order valence-corrected chi connectivity index (χ0v) is 15.4. The van der Waals surface area contributed by atoms with Crippen molar-refractivity contribution in [2.45, 2.75) is 32.9 Å². The Morgan fingerprint density at radius 2 is 1.93 bits per heavy atom. The number of fused-ring (bicyclic) bond motifs is 2. The monoisotopic (exact) mass is 364 g/mol. The van der Waals surface area contributed by atoms with E-state index in [9.17, 15) is 9.18 Å². The van der Waals surface area contributed by atoms with Crippen molar-refractivity contribution >= 4 is 22.8 Å². The Morgan fingerprint density at radius 3 is 2.67 bits per heavy atom. The molecule has 5 nitrogen and oxygen atoms in total. The van der Waals surface area contributed by atoms with Crippen molar-refractivity contribution in [2.75, 3.05) is 11.9 Å². The van der Waals surface area contributed by atoms with Gasteiger partial charge in [-0.2, -0.15) is 0 Å². The summed E-state index contributed by atoms with van der Waals surface area (Å²) < 4.78 is 13.8. The maximum absolute atomic E-state index is 13.8. The molecule has 0 bridgehead atoms. The zero-order chi connectivity index (χ0) is 19.0. The summed E-state index contributed by atoms with van der Waals surface area (Å²) in [6, 6.07) is 12.5. The lowest BCUT2D eigenvalue weighted by Crippen LogP contribution is -2.28. The second-order valence-corrected chi connectivity index (χ2v) is 6.92. The van der Waals surface area contributed by atoms with Crippen LogP contribution in [0.4, 0.5) is 10.2 Å². The van der Waals surface area contributed by atoms with Gasteiger partial charge >= 0.3 is 0 Å². The van der Waals surface area contributed by atoms with E-state index >= 15 is 0 Å². The van der Waals surface area contributed by atoms with Gasteiger partial charge in [-0.15, -0.1) is 0 Å². The number of anilines is 1. The number of hydrogen-bond acceptors (Lipinski definition) is 4. The van der Waals surface area contributed by atoms with Gasteiger partial charge in [0.1, 0.15) is 11.6 Å². The summed E-state index contributed by atoms with van der Waals surface area (Å²) >= 11 is 0. The highest BCUT2D eigenvalue weighted by Gasteiger charge is 2.25. The van der Waals surface area contributed by atoms with Crippen molar-refractivity contribution in [3.63, 3.8) is 0 Å². The minimum atomic E-state index is -0.292. The SMILES string of the molecule is CC(=O)N1CCC(Nc2nc3ccccc3nc2C)c2ccc(F)cc2C1. The summed E-state index contributed by atoms with van der Waals surface area (Å²) in [7, 11) is 0. The number of aryl methyl sites for hydroxylation is 1. The van der Waals surface area contributed by atoms with Crippen LogP contribution in [0.3, 0.4) is 0 Å². The molecule has 1 unspecified atom stereocenters. The van der Waals surface area contributed by atoms with E-state index in [4.69, 9.17) is 4.98 Å². The first-order chi connectivity index (χ1) is 13.0. The van der Waals surface area contributed by atoms with Crippen molar-refractivity contribution in [1.29, 1.82) is 0 Å². The number of nitrogens with zero attached hydrogens (tertiary/aromatic N) is 3. The molecule has 0 saturated heterocycles. The number of carbonyl (C=O) groups is 1. The van der Waals surface area contributed by atoms with Crippen LogP contribution >= 0.6 is 0 Å². The predicted octanol–water partition coefficient (Wildman–Crippen LogP) is 3.98. The molecule has 1 amide bonds. The normalized spacial score (nSPS) is 16.7. The number of aromatic nitrogens is 2. The smallest absolute Gasteiger partial charge is 0.219 e. The minimum Gasteiger partial charge on any atom is -0.362 e. The van der Waals surface area contributed by atoms with Crippen LogP contribution in [-0.2, 0) is 11.3 Å². The number of para-hydroxylation sites is 2. The predicted molar refractivity (Wildman–Crippen MR) is 103 cm³/mol. The van der Waals surface area contributed by atoms with Crippen LogP contribution in [0.25, 0.3) is 11.0 Å². The summed E-state index contributed by atoms with van der Waals surface area (Å²) in [5.74, 6) is 0.414. The summed E-state index contributed by atoms with van der Waals surface area (Å²) in [5.41, 5.74) is 4.31. The number of carbonyl (C=O) groups excluding carboxylic acids is 1. The fraction of sp³-hybridized carbons (Fsp3) is 0.286. The molecule has 1 aromatic heterocycles. The molecule has 138 valence electrons. The highest BCUT2D eigenvalue weighted by molar-refractivity contribution is 5.76. The van der Waals surface area contributed by atoms with Crippen LogP contribution in [-0.4, -0.2) is 27.3 Å². The van der Waals surface area contributed by atoms with Crippen molar-refractivity contribution in [1.82, 2.24) is 14.9 Å². The lowest BCUT2D eigenvalue weighted by Gasteiger charge is -2.21. The number of benzene rings is 2. The summed E-state index contributed by atoms with van der Waals surface area (Å²) in [6.07, 6.45) is 0.714. The third kappa shape index (κ3) is 3.47. The van der Waals surface area contributed by atoms with E-state index in [2.05, 4.69) is 10.3 Å². The van der Waals surface area contributed by atoms with Crippen LogP contribution < -0.4 is 5.32 Å². The maximum Gasteiger partial charge on any atom is 0.219 e. The minimum absolute atomic E-state index is 0.00691. The fourth-order valence-corrected chi connectivity index (χ4v) is 3.58. The molecule has 0 spiro atoms. The van der Waals surface area contributed by atoms with Gasteiger partial charge in [-0.05, 0) is 48.7 Å². The molecule has 0 radical (unpaired) electrons. The fourth-order valence-electron chi connectivity index (χ4n) is 3.58. The Balaban J connectivity index is 1.71. The molecule has 2 heterocycles. The Morgan fingerprint density at radius 1 is 1.19 bits per heavy atom. The van der Waals surface area contributed by atoms with Crippen LogP contribution in [0, 0.1) is 12.7 Å². The molecule has 2 aromatic carbocycles. The van der Waals surface area contributed by atoms with Gasteiger partial charge in [0.2, 0.25) is 5.91 Å². The number of amides is 1. The van der Waals surface area contributed by atoms with E-state index in [1.54, 1.807) is 17.9 Å². The molecule has 0 saturated carbocycles. The average Bonchev–Trinajstić information content (AvgIpc) is 2.81. The van der Waals surface area contributed by atoms with E-state index in [1.807, 2.05) is 31.2 Å². The van der Waals surface area contributed by atoms with Crippen LogP contribution in [0.1, 0.15) is 36.2 Å². The van der Waals surface area contributed by atoms with E-state index < -0.39 is 0 Å². The lowest BCUT2D eigenvalue weighted by molar-refractivity contribution is -0.129. The summed E-state index contributed by atoms with van der Waals surface area (Å²) in [4.78, 5) is 23.0. The van der Waals surface area contributed by atoms with E-state index in [0.29, 0.717) is 25.3 Å². The largest absolute Gasteiger partial charge is 0.362 e. The van der Waals surface area contributed by atoms with Gasteiger partial charge in [0.15, 0.2) is 0 Å². The topological polar surface area (TPSA) is 58.1 Å². The maximum atomic E-state index is 13.8. The summed E-state index contributed by atoms with van der Waals surface area (Å²) in [5, 5.41) is 3.48. The molecule has 0 fully saturated rings. The molecule has 4 rings (SSSR count). The first-order valence-corrected chi connectivity index (χ1v) is 9.05. The molecule has 3 aromatic rings. The lowest BCUT2D eigenvalue weighted by atomic mass is 9.99. The van der Waals surface area contributed by atoms with Crippen molar-refractivity contribution in [2.24, 2.45) is 0 Å². The molecule has 1 N–H and O–H groups in total. The molecule has 6 heteroatoms. The molecule has 27 heavy (non-hydrogen) atoms. The molecular weight excluding hydrogens is 343 g/mol. The van der Waals surface area contributed by atoms with E-state index in [0.717, 1.165) is 27.9 Å². The average molecular weight is 364 g/mol. The standard InChI is InChI=1S/C21H21FN4O/c1-13-21(25-20-6-4-3-5-19(20)23-13)24-18-9-10-26(14(2)27)12-15-11-16(22)7-8-17(15)18/h3-8,11,18H,9-10,12H2,1-2H3,(H,24,25). The number of halogens is 1. The van der Waals surface area contributed by atoms with Crippen molar-refractivity contribution in [3.8, 4) is 0 Å². The molecule has 1 aliphatic heterocycles. The first-order valence-electron chi connectivity index (χ1n) is 9.05. The second kappa shape index (κ2) is 6.95. The zero-order valence-electron chi connectivity index (χ0n) is 15.4. The number of hydrogen-bond donors (Lipinski definition) is 1. The van der Waals surface area contributed by atoms with E-state index in [1.165, 1.54) is 12.1 Å². The van der Waals surface area contributed by atoms with Gasteiger partial charge in [0.25, 0.3) is 0 Å². The van der Waals surface area contributed by atoms with Crippen molar-refractivity contribution < 1.29 is 9.18 Å². The van der Waals surface area contributed by atoms with Gasteiger partial charge in [-0.25, -0.2) is 14.4 Å². The van der Waals surface area contributed by atoms with Gasteiger partial charge < -0.3 is 10.2 Å². The Bertz CT molecular complexity index is 1020.